The molecular formula is C39H32N4O2S2. The summed E-state index contributed by atoms with van der Waals surface area (Å²) in [5, 5.41) is 11.1. The molecule has 1 aromatic heterocycles. The highest BCUT2D eigenvalue weighted by Crippen LogP contribution is 2.58. The van der Waals surface area contributed by atoms with E-state index >= 15 is 0 Å². The van der Waals surface area contributed by atoms with Crippen LogP contribution in [0.3, 0.4) is 0 Å². The highest BCUT2D eigenvalue weighted by atomic mass is 32.2. The zero-order chi connectivity index (χ0) is 31.8. The van der Waals surface area contributed by atoms with Crippen LogP contribution in [0.15, 0.2) is 159 Å². The topological polar surface area (TPSA) is 51.9 Å². The number of fused-ring (bicyclic) bond motifs is 3. The number of rotatable bonds is 7. The fraction of sp³-hybridized carbons (Fsp3) is 0.128. The molecule has 8 heteroatoms. The lowest BCUT2D eigenvalue weighted by Gasteiger charge is -2.38. The first-order valence-corrected chi connectivity index (χ1v) is 17.2. The van der Waals surface area contributed by atoms with Gasteiger partial charge in [0.05, 0.1) is 24.2 Å². The summed E-state index contributed by atoms with van der Waals surface area (Å²) >= 11 is 3.61. The molecule has 0 spiro atoms. The predicted octanol–water partition coefficient (Wildman–Crippen LogP) is 9.63. The zero-order valence-electron chi connectivity index (χ0n) is 26.0. The molecule has 3 heterocycles. The average molecular weight is 653 g/mol. The summed E-state index contributed by atoms with van der Waals surface area (Å²) < 4.78 is 7.66. The highest BCUT2D eigenvalue weighted by Gasteiger charge is 2.53. The van der Waals surface area contributed by atoms with Crippen molar-refractivity contribution in [2.24, 2.45) is 5.16 Å². The number of para-hydroxylation sites is 2. The van der Waals surface area contributed by atoms with Gasteiger partial charge in [-0.2, -0.15) is 5.10 Å². The first-order valence-electron chi connectivity index (χ1n) is 15.5. The molecule has 0 amide bonds. The molecule has 0 saturated heterocycles. The molecule has 6 nitrogen and oxygen atoms in total. The third-order valence-electron chi connectivity index (χ3n) is 8.61. The van der Waals surface area contributed by atoms with Crippen molar-refractivity contribution in [3.8, 4) is 11.4 Å². The SMILES string of the molecule is COc1ccc(C23CC(c4c(C)nn(-c5ccccc5)c4Sc4ccccc4)Sc4ccccc4N2C(c2ccccc2)=NO3)cc1. The van der Waals surface area contributed by atoms with Crippen LogP contribution in [0.4, 0.5) is 5.69 Å². The Hall–Kier alpha value is -4.92. The van der Waals surface area contributed by atoms with Crippen LogP contribution >= 0.6 is 23.5 Å². The second-order valence-electron chi connectivity index (χ2n) is 11.5. The van der Waals surface area contributed by atoms with Gasteiger partial charge in [-0.1, -0.05) is 95.8 Å². The van der Waals surface area contributed by atoms with Crippen LogP contribution in [0.1, 0.15) is 34.1 Å². The van der Waals surface area contributed by atoms with Crippen molar-refractivity contribution in [1.82, 2.24) is 9.78 Å². The van der Waals surface area contributed by atoms with Gasteiger partial charge in [0.25, 0.3) is 0 Å². The third-order valence-corrected chi connectivity index (χ3v) is 11.0. The Morgan fingerprint density at radius 3 is 2.19 bits per heavy atom. The minimum absolute atomic E-state index is 0.0303. The van der Waals surface area contributed by atoms with E-state index in [1.807, 2.05) is 48.2 Å². The number of amidine groups is 1. The van der Waals surface area contributed by atoms with Gasteiger partial charge in [-0.05, 0) is 67.6 Å². The lowest BCUT2D eigenvalue weighted by molar-refractivity contribution is -0.0284. The smallest absolute Gasteiger partial charge is 0.242 e. The number of methoxy groups -OCH3 is 1. The van der Waals surface area contributed by atoms with Gasteiger partial charge in [0.1, 0.15) is 10.8 Å². The van der Waals surface area contributed by atoms with Gasteiger partial charge in [0, 0.05) is 38.2 Å². The molecule has 8 rings (SSSR count). The summed E-state index contributed by atoms with van der Waals surface area (Å²) in [5.74, 6) is 1.58. The number of oxime groups is 1. The quantitative estimate of drug-likeness (QED) is 0.171. The number of anilines is 1. The number of ether oxygens (including phenoxy) is 1. The van der Waals surface area contributed by atoms with E-state index in [1.165, 1.54) is 5.56 Å². The molecule has 47 heavy (non-hydrogen) atoms. The Morgan fingerprint density at radius 2 is 1.47 bits per heavy atom. The summed E-state index contributed by atoms with van der Waals surface area (Å²) in [6.07, 6.45) is 0.613. The summed E-state index contributed by atoms with van der Waals surface area (Å²) in [4.78, 5) is 11.4. The van der Waals surface area contributed by atoms with E-state index in [0.29, 0.717) is 6.42 Å². The van der Waals surface area contributed by atoms with E-state index in [4.69, 9.17) is 19.8 Å². The van der Waals surface area contributed by atoms with Gasteiger partial charge in [-0.3, -0.25) is 4.90 Å². The van der Waals surface area contributed by atoms with Crippen LogP contribution in [0, 0.1) is 6.92 Å². The number of nitrogens with zero attached hydrogens (tertiary/aromatic N) is 4. The molecule has 0 bridgehead atoms. The maximum absolute atomic E-state index is 6.77. The van der Waals surface area contributed by atoms with E-state index in [-0.39, 0.29) is 5.25 Å². The first kappa shape index (κ1) is 29.5. The van der Waals surface area contributed by atoms with Gasteiger partial charge in [0.2, 0.25) is 5.72 Å². The van der Waals surface area contributed by atoms with Gasteiger partial charge in [-0.15, -0.1) is 11.8 Å². The predicted molar refractivity (Wildman–Crippen MR) is 190 cm³/mol. The maximum atomic E-state index is 6.77. The fourth-order valence-electron chi connectivity index (χ4n) is 6.41. The first-order chi connectivity index (χ1) is 23.1. The van der Waals surface area contributed by atoms with E-state index in [0.717, 1.165) is 54.6 Å². The number of benzene rings is 5. The van der Waals surface area contributed by atoms with Crippen molar-refractivity contribution in [3.05, 3.63) is 162 Å². The third kappa shape index (κ3) is 5.27. The molecule has 2 atom stereocenters. The lowest BCUT2D eigenvalue weighted by Crippen LogP contribution is -2.47. The van der Waals surface area contributed by atoms with Crippen molar-refractivity contribution in [3.63, 3.8) is 0 Å². The molecule has 0 radical (unpaired) electrons. The second kappa shape index (κ2) is 12.4. The van der Waals surface area contributed by atoms with Crippen LogP contribution in [-0.2, 0) is 10.6 Å². The normalized spacial score (nSPS) is 18.5. The Balaban J connectivity index is 1.34. The maximum Gasteiger partial charge on any atom is 0.242 e. The van der Waals surface area contributed by atoms with E-state index in [2.05, 4.69) is 120 Å². The van der Waals surface area contributed by atoms with E-state index in [1.54, 1.807) is 18.9 Å². The summed E-state index contributed by atoms with van der Waals surface area (Å²) in [5.41, 5.74) is 5.32. The Kier molecular flexibility index (Phi) is 7.75. The monoisotopic (exact) mass is 652 g/mol. The molecule has 2 aliphatic heterocycles. The molecule has 2 unspecified atom stereocenters. The Labute approximate surface area is 283 Å². The lowest BCUT2D eigenvalue weighted by atomic mass is 9.92. The van der Waals surface area contributed by atoms with Crippen molar-refractivity contribution in [2.45, 2.75) is 39.1 Å². The van der Waals surface area contributed by atoms with E-state index < -0.39 is 5.72 Å². The van der Waals surface area contributed by atoms with Crippen molar-refractivity contribution in [2.75, 3.05) is 12.0 Å². The molecular weight excluding hydrogens is 621 g/mol. The van der Waals surface area contributed by atoms with Gasteiger partial charge < -0.3 is 9.57 Å². The Morgan fingerprint density at radius 1 is 0.809 bits per heavy atom. The van der Waals surface area contributed by atoms with Crippen LogP contribution in [-0.4, -0.2) is 22.7 Å². The molecule has 5 aromatic carbocycles. The van der Waals surface area contributed by atoms with Crippen LogP contribution in [0.2, 0.25) is 0 Å². The highest BCUT2D eigenvalue weighted by molar-refractivity contribution is 8.00. The van der Waals surface area contributed by atoms with Crippen LogP contribution in [0.5, 0.6) is 5.75 Å². The summed E-state index contributed by atoms with van der Waals surface area (Å²) in [7, 11) is 1.69. The van der Waals surface area contributed by atoms with Crippen molar-refractivity contribution < 1.29 is 9.57 Å². The minimum Gasteiger partial charge on any atom is -0.497 e. The van der Waals surface area contributed by atoms with Gasteiger partial charge >= 0.3 is 0 Å². The summed E-state index contributed by atoms with van der Waals surface area (Å²) in [6.45, 7) is 2.13. The van der Waals surface area contributed by atoms with Crippen LogP contribution in [0.25, 0.3) is 5.69 Å². The number of thioether (sulfide) groups is 1. The number of aryl methyl sites for hydroxylation is 1. The molecule has 0 aliphatic carbocycles. The molecule has 6 aromatic rings. The molecule has 232 valence electrons. The second-order valence-corrected chi connectivity index (χ2v) is 13.8. The minimum atomic E-state index is -0.933. The van der Waals surface area contributed by atoms with Gasteiger partial charge in [0.15, 0.2) is 5.84 Å². The summed E-state index contributed by atoms with van der Waals surface area (Å²) in [6, 6.07) is 48.0. The molecule has 0 fully saturated rings. The number of hydrogen-bond donors (Lipinski definition) is 0. The number of hydrogen-bond acceptors (Lipinski definition) is 7. The standard InChI is InChI=1S/C39H32N4O2S2/c1-27-36(38(46-32-18-10-5-11-19-32)43(40-27)30-16-8-4-9-17-30)35-26-39(29-22-24-31(44-2)25-23-29)42(33-20-12-13-21-34(33)47-35)37(41-45-39)28-14-6-3-7-15-28/h3-25,35H,26H2,1-2H3. The average Bonchev–Trinajstić information content (AvgIpc) is 3.62. The van der Waals surface area contributed by atoms with Crippen molar-refractivity contribution >= 4 is 35.0 Å². The van der Waals surface area contributed by atoms with Crippen molar-refractivity contribution in [1.29, 1.82) is 0 Å². The number of aromatic nitrogens is 2. The van der Waals surface area contributed by atoms with E-state index in [9.17, 15) is 0 Å². The molecule has 2 aliphatic rings. The van der Waals surface area contributed by atoms with Gasteiger partial charge in [-0.25, -0.2) is 4.68 Å². The largest absolute Gasteiger partial charge is 0.497 e. The molecule has 0 N–H and O–H groups in total. The fourth-order valence-corrected chi connectivity index (χ4v) is 9.09. The zero-order valence-corrected chi connectivity index (χ0v) is 27.6. The Bertz CT molecular complexity index is 2050. The molecule has 0 saturated carbocycles. The van der Waals surface area contributed by atoms with Crippen LogP contribution < -0.4 is 9.64 Å².